The summed E-state index contributed by atoms with van der Waals surface area (Å²) in [6, 6.07) is 6.05. The molecule has 3 nitrogen and oxygen atoms in total. The van der Waals surface area contributed by atoms with Gasteiger partial charge in [0.15, 0.2) is 0 Å². The summed E-state index contributed by atoms with van der Waals surface area (Å²) in [6.45, 7) is 6.57. The number of nitrogens with zero attached hydrogens (tertiary/aromatic N) is 1. The lowest BCUT2D eigenvalue weighted by molar-refractivity contribution is 0.317. The molecule has 0 aromatic heterocycles. The molecule has 0 radical (unpaired) electrons. The van der Waals surface area contributed by atoms with Crippen molar-refractivity contribution in [3.8, 4) is 5.75 Å². The molecule has 1 aromatic carbocycles. The molecule has 0 bridgehead atoms. The summed E-state index contributed by atoms with van der Waals surface area (Å²) in [5.41, 5.74) is 6.94. The van der Waals surface area contributed by atoms with Crippen molar-refractivity contribution in [3.63, 3.8) is 0 Å². The van der Waals surface area contributed by atoms with E-state index in [4.69, 9.17) is 22.1 Å². The van der Waals surface area contributed by atoms with Crippen LogP contribution in [0.25, 0.3) is 0 Å². The van der Waals surface area contributed by atoms with E-state index < -0.39 is 0 Å². The first-order valence-corrected chi connectivity index (χ1v) is 6.94. The van der Waals surface area contributed by atoms with Crippen LogP contribution in [-0.4, -0.2) is 31.1 Å². The molecule has 0 saturated carbocycles. The lowest BCUT2D eigenvalue weighted by Crippen LogP contribution is -2.22. The third-order valence-corrected chi connectivity index (χ3v) is 3.70. The molecule has 5 heteroatoms. The molecule has 0 amide bonds. The molecule has 1 heterocycles. The van der Waals surface area contributed by atoms with Crippen LogP contribution in [-0.2, 0) is 6.54 Å². The average Bonchev–Trinajstić information content (AvgIpc) is 2.80. The second-order valence-corrected chi connectivity index (χ2v) is 5.23. The van der Waals surface area contributed by atoms with Crippen molar-refractivity contribution in [1.82, 2.24) is 4.90 Å². The van der Waals surface area contributed by atoms with Gasteiger partial charge in [-0.25, -0.2) is 0 Å². The SMILES string of the molecule is CCOc1ccc(CN2CC[C@@H](CN)C2)cc1Cl.Cl. The van der Waals surface area contributed by atoms with Crippen molar-refractivity contribution in [2.45, 2.75) is 19.9 Å². The van der Waals surface area contributed by atoms with Crippen LogP contribution in [0.15, 0.2) is 18.2 Å². The lowest BCUT2D eigenvalue weighted by atomic mass is 10.1. The molecule has 1 atom stereocenters. The van der Waals surface area contributed by atoms with Gasteiger partial charge < -0.3 is 10.5 Å². The maximum absolute atomic E-state index is 6.19. The molecule has 0 spiro atoms. The van der Waals surface area contributed by atoms with E-state index >= 15 is 0 Å². The molecule has 0 aliphatic carbocycles. The van der Waals surface area contributed by atoms with E-state index in [0.29, 0.717) is 17.5 Å². The average molecular weight is 305 g/mol. The minimum absolute atomic E-state index is 0. The van der Waals surface area contributed by atoms with E-state index in [1.165, 1.54) is 12.0 Å². The van der Waals surface area contributed by atoms with Crippen LogP contribution < -0.4 is 10.5 Å². The van der Waals surface area contributed by atoms with Gasteiger partial charge in [0.1, 0.15) is 5.75 Å². The van der Waals surface area contributed by atoms with Gasteiger partial charge >= 0.3 is 0 Å². The summed E-state index contributed by atoms with van der Waals surface area (Å²) in [5, 5.41) is 0.698. The summed E-state index contributed by atoms with van der Waals surface area (Å²) in [6.07, 6.45) is 1.21. The molecule has 1 aliphatic heterocycles. The zero-order chi connectivity index (χ0) is 13.0. The fraction of sp³-hybridized carbons (Fsp3) is 0.571. The molecule has 0 unspecified atom stereocenters. The molecule has 19 heavy (non-hydrogen) atoms. The molecule has 2 rings (SSSR count). The van der Waals surface area contributed by atoms with Crippen molar-refractivity contribution in [3.05, 3.63) is 28.8 Å². The largest absolute Gasteiger partial charge is 0.492 e. The Morgan fingerprint density at radius 2 is 2.26 bits per heavy atom. The van der Waals surface area contributed by atoms with Crippen molar-refractivity contribution in [2.75, 3.05) is 26.2 Å². The van der Waals surface area contributed by atoms with Crippen LogP contribution in [0.1, 0.15) is 18.9 Å². The summed E-state index contributed by atoms with van der Waals surface area (Å²) < 4.78 is 5.43. The topological polar surface area (TPSA) is 38.5 Å². The standard InChI is InChI=1S/C14H21ClN2O.ClH/c1-2-18-14-4-3-11(7-13(14)15)9-17-6-5-12(8-16)10-17;/h3-4,7,12H,2,5-6,8-10,16H2,1H3;1H/t12-;/m0./s1. The first-order chi connectivity index (χ1) is 8.72. The van der Waals surface area contributed by atoms with Gasteiger partial charge in [-0.05, 0) is 50.0 Å². The lowest BCUT2D eigenvalue weighted by Gasteiger charge is -2.16. The van der Waals surface area contributed by atoms with Crippen LogP contribution in [0.2, 0.25) is 5.02 Å². The first-order valence-electron chi connectivity index (χ1n) is 6.56. The highest BCUT2D eigenvalue weighted by atomic mass is 35.5. The first kappa shape index (κ1) is 16.6. The van der Waals surface area contributed by atoms with E-state index in [9.17, 15) is 0 Å². The Bertz CT molecular complexity index is 401. The van der Waals surface area contributed by atoms with Crippen molar-refractivity contribution >= 4 is 24.0 Å². The number of hydrogen-bond acceptors (Lipinski definition) is 3. The fourth-order valence-electron chi connectivity index (χ4n) is 2.42. The number of ether oxygens (including phenoxy) is 1. The Labute approximate surface area is 126 Å². The Hall–Kier alpha value is -0.480. The van der Waals surface area contributed by atoms with E-state index in [0.717, 1.165) is 31.9 Å². The van der Waals surface area contributed by atoms with Gasteiger partial charge in [0.05, 0.1) is 11.6 Å². The molecule has 2 N–H and O–H groups in total. The highest BCUT2D eigenvalue weighted by Crippen LogP contribution is 2.27. The molecule has 1 aliphatic rings. The predicted molar refractivity (Wildman–Crippen MR) is 82.3 cm³/mol. The Morgan fingerprint density at radius 3 is 2.84 bits per heavy atom. The monoisotopic (exact) mass is 304 g/mol. The van der Waals surface area contributed by atoms with Gasteiger partial charge in [0.2, 0.25) is 0 Å². The van der Waals surface area contributed by atoms with E-state index in [-0.39, 0.29) is 12.4 Å². The Kier molecular flexibility index (Phi) is 6.94. The van der Waals surface area contributed by atoms with Gasteiger partial charge in [-0.1, -0.05) is 17.7 Å². The van der Waals surface area contributed by atoms with E-state index in [1.807, 2.05) is 19.1 Å². The van der Waals surface area contributed by atoms with Gasteiger partial charge in [-0.15, -0.1) is 12.4 Å². The summed E-state index contributed by atoms with van der Waals surface area (Å²) >= 11 is 6.19. The van der Waals surface area contributed by atoms with Crippen LogP contribution in [0.3, 0.4) is 0 Å². The third kappa shape index (κ3) is 4.53. The quantitative estimate of drug-likeness (QED) is 0.909. The van der Waals surface area contributed by atoms with Gasteiger partial charge in [-0.2, -0.15) is 0 Å². The highest BCUT2D eigenvalue weighted by molar-refractivity contribution is 6.32. The van der Waals surface area contributed by atoms with Crippen LogP contribution >= 0.6 is 24.0 Å². The second kappa shape index (κ2) is 7.95. The molecule has 1 fully saturated rings. The fourth-order valence-corrected chi connectivity index (χ4v) is 2.68. The minimum atomic E-state index is 0. The summed E-state index contributed by atoms with van der Waals surface area (Å²) in [4.78, 5) is 2.43. The Balaban J connectivity index is 0.00000180. The highest BCUT2D eigenvalue weighted by Gasteiger charge is 2.21. The maximum Gasteiger partial charge on any atom is 0.137 e. The molecular weight excluding hydrogens is 283 g/mol. The van der Waals surface area contributed by atoms with Crippen molar-refractivity contribution in [1.29, 1.82) is 0 Å². The number of benzene rings is 1. The maximum atomic E-state index is 6.19. The van der Waals surface area contributed by atoms with Gasteiger partial charge in [0.25, 0.3) is 0 Å². The number of halogens is 2. The predicted octanol–water partition coefficient (Wildman–Crippen LogP) is 2.94. The second-order valence-electron chi connectivity index (χ2n) is 4.82. The van der Waals surface area contributed by atoms with Crippen molar-refractivity contribution < 1.29 is 4.74 Å². The number of rotatable bonds is 5. The molecular formula is C14H22Cl2N2O. The zero-order valence-electron chi connectivity index (χ0n) is 11.3. The van der Waals surface area contributed by atoms with E-state index in [2.05, 4.69) is 11.0 Å². The number of nitrogens with two attached hydrogens (primary N) is 1. The van der Waals surface area contributed by atoms with Gasteiger partial charge in [-0.3, -0.25) is 4.90 Å². The summed E-state index contributed by atoms with van der Waals surface area (Å²) in [5.74, 6) is 1.42. The normalized spacial score (nSPS) is 19.2. The van der Waals surface area contributed by atoms with Gasteiger partial charge in [0, 0.05) is 13.1 Å². The smallest absolute Gasteiger partial charge is 0.137 e. The number of likely N-dealkylation sites (tertiary alicyclic amines) is 1. The summed E-state index contributed by atoms with van der Waals surface area (Å²) in [7, 11) is 0. The molecule has 108 valence electrons. The third-order valence-electron chi connectivity index (χ3n) is 3.41. The molecule has 1 saturated heterocycles. The van der Waals surface area contributed by atoms with Crippen molar-refractivity contribution in [2.24, 2.45) is 11.7 Å². The van der Waals surface area contributed by atoms with Crippen LogP contribution in [0, 0.1) is 5.92 Å². The Morgan fingerprint density at radius 1 is 1.47 bits per heavy atom. The molecule has 1 aromatic rings. The zero-order valence-corrected chi connectivity index (χ0v) is 12.8. The van der Waals surface area contributed by atoms with Crippen LogP contribution in [0.4, 0.5) is 0 Å². The van der Waals surface area contributed by atoms with Crippen LogP contribution in [0.5, 0.6) is 5.75 Å². The number of hydrogen-bond donors (Lipinski definition) is 1. The van der Waals surface area contributed by atoms with E-state index in [1.54, 1.807) is 0 Å². The minimum Gasteiger partial charge on any atom is -0.492 e.